The van der Waals surface area contributed by atoms with Gasteiger partial charge in [-0.2, -0.15) is 0 Å². The summed E-state index contributed by atoms with van der Waals surface area (Å²) in [6.07, 6.45) is 6.01. The fourth-order valence-corrected chi connectivity index (χ4v) is 2.23. The van der Waals surface area contributed by atoms with Gasteiger partial charge in [0, 0.05) is 0 Å². The van der Waals surface area contributed by atoms with E-state index >= 15 is 0 Å². The van der Waals surface area contributed by atoms with Crippen LogP contribution in [0.5, 0.6) is 0 Å². The predicted molar refractivity (Wildman–Crippen MR) is 62.7 cm³/mol. The van der Waals surface area contributed by atoms with E-state index in [2.05, 4.69) is 16.9 Å². The van der Waals surface area contributed by atoms with Gasteiger partial charge in [-0.1, -0.05) is 0 Å². The molecule has 0 spiro atoms. The van der Waals surface area contributed by atoms with Crippen LogP contribution >= 0.6 is 0 Å². The third kappa shape index (κ3) is 3.42. The maximum absolute atomic E-state index is 5.00. The number of hydrogen-bond donors (Lipinski definition) is 0. The van der Waals surface area contributed by atoms with Gasteiger partial charge in [0.25, 0.3) is 0 Å². The summed E-state index contributed by atoms with van der Waals surface area (Å²) in [5.74, 6) is 1.06. The van der Waals surface area contributed by atoms with Crippen LogP contribution in [0.15, 0.2) is 29.0 Å². The second-order valence-electron chi connectivity index (χ2n) is 3.61. The van der Waals surface area contributed by atoms with Crippen LogP contribution in [0.3, 0.4) is 0 Å². The van der Waals surface area contributed by atoms with Gasteiger partial charge in [0.15, 0.2) is 0 Å². The summed E-state index contributed by atoms with van der Waals surface area (Å²) >= 11 is 1.22. The van der Waals surface area contributed by atoms with E-state index < -0.39 is 0 Å². The number of methoxy groups -OCH3 is 1. The summed E-state index contributed by atoms with van der Waals surface area (Å²) < 4.78 is 6.29. The number of nitrogens with zero attached hydrogens (tertiary/aromatic N) is 3. The average Bonchev–Trinajstić information content (AvgIpc) is 2.47. The van der Waals surface area contributed by atoms with Gasteiger partial charge >= 0.3 is 109 Å². The molecule has 0 saturated heterocycles. The van der Waals surface area contributed by atoms with Crippen LogP contribution in [0.25, 0.3) is 0 Å². The third-order valence-corrected chi connectivity index (χ3v) is 4.14. The first kappa shape index (κ1) is 13.4. The van der Waals surface area contributed by atoms with Crippen molar-refractivity contribution in [1.82, 2.24) is 9.80 Å². The summed E-state index contributed by atoms with van der Waals surface area (Å²) in [5.41, 5.74) is 1.07. The van der Waals surface area contributed by atoms with E-state index in [0.29, 0.717) is 6.73 Å². The first-order chi connectivity index (χ1) is 7.56. The number of amidine groups is 1. The molecule has 0 bridgehead atoms. The van der Waals surface area contributed by atoms with Crippen molar-refractivity contribution in [3.63, 3.8) is 0 Å². The van der Waals surface area contributed by atoms with Gasteiger partial charge in [-0.25, -0.2) is 0 Å². The van der Waals surface area contributed by atoms with E-state index in [9.17, 15) is 0 Å². The number of ether oxygens (including phenoxy) is 1. The van der Waals surface area contributed by atoms with Crippen molar-refractivity contribution in [1.29, 1.82) is 0 Å². The van der Waals surface area contributed by atoms with E-state index in [1.165, 1.54) is 24.4 Å². The van der Waals surface area contributed by atoms with Crippen LogP contribution in [0, 0.1) is 0 Å². The Morgan fingerprint density at radius 2 is 2.25 bits per heavy atom. The van der Waals surface area contributed by atoms with Gasteiger partial charge in [0.2, 0.25) is 0 Å². The zero-order valence-corrected chi connectivity index (χ0v) is 13.3. The molecule has 1 aliphatic rings. The van der Waals surface area contributed by atoms with Gasteiger partial charge < -0.3 is 0 Å². The molecule has 5 heteroatoms. The second-order valence-corrected chi connectivity index (χ2v) is 5.13. The van der Waals surface area contributed by atoms with Crippen LogP contribution in [-0.4, -0.2) is 47.4 Å². The number of rotatable bonds is 4. The molecule has 0 radical (unpaired) electrons. The molecule has 0 aliphatic carbocycles. The average molecular weight is 388 g/mol. The first-order valence-electron chi connectivity index (χ1n) is 4.99. The Hall–Kier alpha value is -0.680. The molecule has 0 aromatic carbocycles. The molecule has 0 atom stereocenters. The number of allylic oxidation sites excluding steroid dienone is 2. The summed E-state index contributed by atoms with van der Waals surface area (Å²) in [6, 6.07) is 0. The minimum atomic E-state index is 0.595. The molecule has 0 aromatic heterocycles. The Kier molecular flexibility index (Phi) is 5.15. The molecule has 87 valence electrons. The number of likely N-dealkylation sites (N-methyl/N-ethyl adjacent to an activating group) is 1. The molecule has 0 unspecified atom stereocenters. The Morgan fingerprint density at radius 1 is 1.56 bits per heavy atom. The Labute approximate surface area is 109 Å². The zero-order valence-electron chi connectivity index (χ0n) is 10.1. The fraction of sp³-hybridized carbons (Fsp3) is 0.455. The molecule has 0 amide bonds. The number of aliphatic imine (C=N–C) groups is 1. The first-order valence-corrected chi connectivity index (χ1v) is 6.60. The van der Waals surface area contributed by atoms with Gasteiger partial charge in [-0.3, -0.25) is 0 Å². The van der Waals surface area contributed by atoms with Gasteiger partial charge in [0.05, 0.1) is 0 Å². The molecule has 0 N–H and O–H groups in total. The predicted octanol–water partition coefficient (Wildman–Crippen LogP) is 0.960. The van der Waals surface area contributed by atoms with Crippen molar-refractivity contribution < 1.29 is 25.3 Å². The molecule has 4 nitrogen and oxygen atoms in total. The fourth-order valence-electron chi connectivity index (χ4n) is 1.26. The van der Waals surface area contributed by atoms with E-state index in [0.717, 1.165) is 11.5 Å². The molecular formula is C11H17N3OTa. The van der Waals surface area contributed by atoms with E-state index in [1.807, 2.05) is 37.2 Å². The molecular weight excluding hydrogens is 371 g/mol. The Morgan fingerprint density at radius 3 is 2.75 bits per heavy atom. The van der Waals surface area contributed by atoms with E-state index in [-0.39, 0.29) is 0 Å². The minimum absolute atomic E-state index is 0.595. The van der Waals surface area contributed by atoms with Crippen molar-refractivity contribution in [2.24, 2.45) is 4.99 Å². The van der Waals surface area contributed by atoms with E-state index in [1.54, 1.807) is 7.11 Å². The van der Waals surface area contributed by atoms with E-state index in [4.69, 9.17) is 4.74 Å². The standard InChI is InChI=1S/C11H17N3O.Ta/c1-10-12-11(8-14(10)3)6-5-7-13(2)9-15-4;/h5-7H,9H2,1-4H3;. The third-order valence-electron chi connectivity index (χ3n) is 2.24. The maximum atomic E-state index is 5.00. The van der Waals surface area contributed by atoms with Crippen molar-refractivity contribution in [2.45, 2.75) is 6.92 Å². The van der Waals surface area contributed by atoms with Crippen LogP contribution in [-0.2, 0) is 25.3 Å². The van der Waals surface area contributed by atoms with Crippen molar-refractivity contribution in [2.75, 3.05) is 27.9 Å². The van der Waals surface area contributed by atoms with Crippen molar-refractivity contribution >= 4 is 9.68 Å². The van der Waals surface area contributed by atoms with Crippen LogP contribution in [0.2, 0.25) is 0 Å². The monoisotopic (exact) mass is 388 g/mol. The van der Waals surface area contributed by atoms with Gasteiger partial charge in [0.1, 0.15) is 0 Å². The summed E-state index contributed by atoms with van der Waals surface area (Å²) in [7, 11) is 5.71. The van der Waals surface area contributed by atoms with Crippen molar-refractivity contribution in [3.8, 4) is 0 Å². The van der Waals surface area contributed by atoms with Gasteiger partial charge in [-0.15, -0.1) is 0 Å². The van der Waals surface area contributed by atoms with Gasteiger partial charge in [-0.05, 0) is 0 Å². The summed E-state index contributed by atoms with van der Waals surface area (Å²) in [6.45, 7) is 2.62. The van der Waals surface area contributed by atoms with Crippen molar-refractivity contribution in [3.05, 3.63) is 24.0 Å². The summed E-state index contributed by atoms with van der Waals surface area (Å²) in [5, 5.41) is 0. The molecule has 0 aromatic rings. The molecule has 1 rings (SSSR count). The number of hydrogen-bond acceptors (Lipinski definition) is 4. The SMILES string of the molecule is COCN(C)C=CC=C1N=C(C)N(C)[C]1=[Ta]. The summed E-state index contributed by atoms with van der Waals surface area (Å²) in [4.78, 5) is 8.59. The molecule has 0 saturated carbocycles. The molecule has 16 heavy (non-hydrogen) atoms. The zero-order chi connectivity index (χ0) is 12.1. The second kappa shape index (κ2) is 6.15. The molecule has 1 heterocycles. The molecule has 1 aliphatic heterocycles. The Bertz CT molecular complexity index is 360. The normalized spacial score (nSPS) is 18.7. The van der Waals surface area contributed by atoms with Crippen LogP contribution in [0.4, 0.5) is 0 Å². The quantitative estimate of drug-likeness (QED) is 0.672. The topological polar surface area (TPSA) is 28.1 Å². The van der Waals surface area contributed by atoms with Crippen LogP contribution in [0.1, 0.15) is 6.92 Å². The molecule has 0 fully saturated rings. The Balaban J connectivity index is 2.63. The van der Waals surface area contributed by atoms with Crippen LogP contribution < -0.4 is 0 Å².